The fraction of sp³-hybridized carbons (Fsp3) is 0.412. The van der Waals surface area contributed by atoms with Crippen LogP contribution in [0.1, 0.15) is 25.7 Å². The highest BCUT2D eigenvalue weighted by Gasteiger charge is 2.34. The summed E-state index contributed by atoms with van der Waals surface area (Å²) in [4.78, 5) is 1.31. The van der Waals surface area contributed by atoms with Crippen molar-refractivity contribution in [3.63, 3.8) is 0 Å². The van der Waals surface area contributed by atoms with E-state index in [2.05, 4.69) is 47.1 Å². The highest BCUT2D eigenvalue weighted by Crippen LogP contribution is 2.32. The second kappa shape index (κ2) is 5.23. The first-order valence-corrected chi connectivity index (χ1v) is 8.31. The molecule has 2 fully saturated rings. The summed E-state index contributed by atoms with van der Waals surface area (Å²) in [6, 6.07) is 14.1. The van der Waals surface area contributed by atoms with Crippen LogP contribution in [0.2, 0.25) is 0 Å². The van der Waals surface area contributed by atoms with Gasteiger partial charge in [-0.15, -0.1) is 11.3 Å². The topological polar surface area (TPSA) is 21.3 Å². The van der Waals surface area contributed by atoms with Crippen molar-refractivity contribution in [2.45, 2.75) is 43.9 Å². The van der Waals surface area contributed by atoms with Gasteiger partial charge in [0.05, 0.1) is 0 Å². The van der Waals surface area contributed by atoms with Crippen molar-refractivity contribution in [3.05, 3.63) is 41.8 Å². The maximum atomic E-state index is 6.24. The first kappa shape index (κ1) is 12.4. The van der Waals surface area contributed by atoms with Crippen molar-refractivity contribution >= 4 is 11.3 Å². The van der Waals surface area contributed by atoms with E-state index in [0.29, 0.717) is 18.2 Å². The molecule has 1 N–H and O–H groups in total. The molecule has 0 radical (unpaired) electrons. The summed E-state index contributed by atoms with van der Waals surface area (Å²) >= 11 is 1.78. The second-order valence-electron chi connectivity index (χ2n) is 5.85. The lowest BCUT2D eigenvalue weighted by Crippen LogP contribution is -2.42. The number of benzene rings is 1. The molecule has 2 aliphatic heterocycles. The lowest BCUT2D eigenvalue weighted by molar-refractivity contribution is 0.137. The lowest BCUT2D eigenvalue weighted by Gasteiger charge is -2.29. The van der Waals surface area contributed by atoms with Crippen molar-refractivity contribution in [2.75, 3.05) is 0 Å². The molecular weight excluding hydrogens is 266 g/mol. The van der Waals surface area contributed by atoms with Gasteiger partial charge in [-0.1, -0.05) is 18.2 Å². The first-order valence-electron chi connectivity index (χ1n) is 7.43. The van der Waals surface area contributed by atoms with Crippen LogP contribution in [0.4, 0.5) is 0 Å². The Morgan fingerprint density at radius 3 is 2.65 bits per heavy atom. The fourth-order valence-corrected chi connectivity index (χ4v) is 4.18. The predicted octanol–water partition coefficient (Wildman–Crippen LogP) is 4.08. The minimum Gasteiger partial charge on any atom is -0.490 e. The van der Waals surface area contributed by atoms with E-state index < -0.39 is 0 Å². The van der Waals surface area contributed by atoms with Gasteiger partial charge in [0.15, 0.2) is 0 Å². The van der Waals surface area contributed by atoms with E-state index in [4.69, 9.17) is 4.74 Å². The van der Waals surface area contributed by atoms with Crippen LogP contribution >= 0.6 is 11.3 Å². The van der Waals surface area contributed by atoms with E-state index in [0.717, 1.165) is 18.6 Å². The summed E-state index contributed by atoms with van der Waals surface area (Å²) in [5, 5.41) is 5.78. The van der Waals surface area contributed by atoms with E-state index in [-0.39, 0.29) is 0 Å². The first-order chi connectivity index (χ1) is 9.87. The Morgan fingerprint density at radius 1 is 1.05 bits per heavy atom. The van der Waals surface area contributed by atoms with Crippen molar-refractivity contribution < 1.29 is 4.74 Å². The van der Waals surface area contributed by atoms with Crippen LogP contribution in [-0.2, 0) is 0 Å². The smallest absolute Gasteiger partial charge is 0.120 e. The Kier molecular flexibility index (Phi) is 3.25. The SMILES string of the molecule is c1cc(O[C@@H]2C[C@H]3CC[C@@H](C2)N3)cc(-c2cccs2)c1. The van der Waals surface area contributed by atoms with E-state index in [1.807, 2.05) is 0 Å². The lowest BCUT2D eigenvalue weighted by atomic mass is 10.0. The fourth-order valence-electron chi connectivity index (χ4n) is 3.46. The highest BCUT2D eigenvalue weighted by atomic mass is 32.1. The maximum Gasteiger partial charge on any atom is 0.120 e. The van der Waals surface area contributed by atoms with Crippen LogP contribution in [0.5, 0.6) is 5.75 Å². The van der Waals surface area contributed by atoms with Gasteiger partial charge >= 0.3 is 0 Å². The number of rotatable bonds is 3. The Labute approximate surface area is 123 Å². The predicted molar refractivity (Wildman–Crippen MR) is 83.4 cm³/mol. The molecule has 2 aliphatic rings. The van der Waals surface area contributed by atoms with E-state index in [1.54, 1.807) is 11.3 Å². The molecule has 2 saturated heterocycles. The molecule has 2 bridgehead atoms. The van der Waals surface area contributed by atoms with Gasteiger partial charge < -0.3 is 10.1 Å². The van der Waals surface area contributed by atoms with Gasteiger partial charge in [-0.2, -0.15) is 0 Å². The molecule has 1 aromatic carbocycles. The second-order valence-corrected chi connectivity index (χ2v) is 6.80. The molecule has 20 heavy (non-hydrogen) atoms. The number of fused-ring (bicyclic) bond motifs is 2. The van der Waals surface area contributed by atoms with Gasteiger partial charge in [-0.25, -0.2) is 0 Å². The van der Waals surface area contributed by atoms with Crippen LogP contribution < -0.4 is 10.1 Å². The van der Waals surface area contributed by atoms with Gasteiger partial charge in [0, 0.05) is 17.0 Å². The molecule has 0 amide bonds. The Hall–Kier alpha value is -1.32. The molecule has 1 aromatic heterocycles. The highest BCUT2D eigenvalue weighted by molar-refractivity contribution is 7.13. The molecule has 104 valence electrons. The number of thiophene rings is 1. The van der Waals surface area contributed by atoms with Crippen molar-refractivity contribution in [1.82, 2.24) is 5.32 Å². The standard InChI is InChI=1S/C17H19NOS/c1-3-12(17-5-2-8-20-17)9-15(4-1)19-16-10-13-6-7-14(11-16)18-13/h1-5,8-9,13-14,16,18H,6-7,10-11H2/t13-,14+,16-. The average Bonchev–Trinajstić information content (AvgIpc) is 3.09. The molecule has 0 unspecified atom stereocenters. The number of ether oxygens (including phenoxy) is 1. The zero-order valence-electron chi connectivity index (χ0n) is 11.4. The normalized spacial score (nSPS) is 28.5. The summed E-state index contributed by atoms with van der Waals surface area (Å²) < 4.78 is 6.24. The van der Waals surface area contributed by atoms with E-state index in [9.17, 15) is 0 Å². The van der Waals surface area contributed by atoms with Gasteiger partial charge in [0.25, 0.3) is 0 Å². The molecule has 0 saturated carbocycles. The van der Waals surface area contributed by atoms with Gasteiger partial charge in [0.1, 0.15) is 11.9 Å². The number of hydrogen-bond acceptors (Lipinski definition) is 3. The minimum absolute atomic E-state index is 0.382. The number of piperidine rings is 1. The van der Waals surface area contributed by atoms with Gasteiger partial charge in [-0.3, -0.25) is 0 Å². The Bertz CT molecular complexity index is 568. The zero-order valence-corrected chi connectivity index (χ0v) is 12.2. The molecule has 3 heteroatoms. The Morgan fingerprint density at radius 2 is 1.90 bits per heavy atom. The summed E-state index contributed by atoms with van der Waals surface area (Å²) in [6.45, 7) is 0. The van der Waals surface area contributed by atoms with Crippen molar-refractivity contribution in [2.24, 2.45) is 0 Å². The van der Waals surface area contributed by atoms with E-state index in [1.165, 1.54) is 23.3 Å². The average molecular weight is 285 g/mol. The maximum absolute atomic E-state index is 6.24. The summed E-state index contributed by atoms with van der Waals surface area (Å²) in [5.74, 6) is 1.02. The van der Waals surface area contributed by atoms with Crippen molar-refractivity contribution in [3.8, 4) is 16.2 Å². The third kappa shape index (κ3) is 2.48. The van der Waals surface area contributed by atoms with Crippen LogP contribution in [-0.4, -0.2) is 18.2 Å². The minimum atomic E-state index is 0.382. The van der Waals surface area contributed by atoms with Crippen LogP contribution in [0.15, 0.2) is 41.8 Å². The van der Waals surface area contributed by atoms with Crippen molar-refractivity contribution in [1.29, 1.82) is 0 Å². The molecule has 0 spiro atoms. The van der Waals surface area contributed by atoms with Crippen LogP contribution in [0.25, 0.3) is 10.4 Å². The molecule has 0 aliphatic carbocycles. The molecule has 3 atom stereocenters. The van der Waals surface area contributed by atoms with E-state index >= 15 is 0 Å². The van der Waals surface area contributed by atoms with Crippen LogP contribution in [0.3, 0.4) is 0 Å². The summed E-state index contributed by atoms with van der Waals surface area (Å²) in [7, 11) is 0. The molecular formula is C17H19NOS. The van der Waals surface area contributed by atoms with Gasteiger partial charge in [-0.05, 0) is 54.8 Å². The summed E-state index contributed by atoms with van der Waals surface area (Å²) in [5.41, 5.74) is 1.26. The quantitative estimate of drug-likeness (QED) is 0.917. The van der Waals surface area contributed by atoms with Crippen LogP contribution in [0, 0.1) is 0 Å². The van der Waals surface area contributed by atoms with Gasteiger partial charge in [0.2, 0.25) is 0 Å². The largest absolute Gasteiger partial charge is 0.490 e. The monoisotopic (exact) mass is 285 g/mol. The molecule has 3 heterocycles. The Balaban J connectivity index is 1.50. The molecule has 2 nitrogen and oxygen atoms in total. The molecule has 2 aromatic rings. The zero-order chi connectivity index (χ0) is 13.4. The third-order valence-corrected chi connectivity index (χ3v) is 5.29. The summed E-state index contributed by atoms with van der Waals surface area (Å²) in [6.07, 6.45) is 5.33. The third-order valence-electron chi connectivity index (χ3n) is 4.37. The molecule has 4 rings (SSSR count). The number of nitrogens with one attached hydrogen (secondary N) is 1. The number of hydrogen-bond donors (Lipinski definition) is 1.